The maximum Gasteiger partial charge on any atom is 0.159 e. The molecule has 4 rings (SSSR count). The SMILES string of the molecule is Cc1cc(CN2CCCC[C@@H]2[C@H]2CCCC[C@@H]2O)nc(-c2ccc(Cl)cc2)n1. The smallest absolute Gasteiger partial charge is 0.159 e. The summed E-state index contributed by atoms with van der Waals surface area (Å²) in [7, 11) is 0. The van der Waals surface area contributed by atoms with E-state index < -0.39 is 0 Å². The summed E-state index contributed by atoms with van der Waals surface area (Å²) in [6, 6.07) is 10.3. The molecule has 0 spiro atoms. The molecule has 1 aliphatic carbocycles. The van der Waals surface area contributed by atoms with Crippen LogP contribution >= 0.6 is 11.6 Å². The summed E-state index contributed by atoms with van der Waals surface area (Å²) in [5, 5.41) is 11.3. The molecule has 1 N–H and O–H groups in total. The van der Waals surface area contributed by atoms with Gasteiger partial charge >= 0.3 is 0 Å². The Morgan fingerprint density at radius 3 is 2.57 bits per heavy atom. The first kappa shape index (κ1) is 19.8. The van der Waals surface area contributed by atoms with Gasteiger partial charge in [-0.25, -0.2) is 9.97 Å². The topological polar surface area (TPSA) is 49.2 Å². The molecule has 2 aromatic rings. The molecule has 1 saturated carbocycles. The lowest BCUT2D eigenvalue weighted by Gasteiger charge is -2.43. The lowest BCUT2D eigenvalue weighted by Crippen LogP contribution is -2.48. The summed E-state index contributed by atoms with van der Waals surface area (Å²) in [6.07, 6.45) is 8.08. The fourth-order valence-electron chi connectivity index (χ4n) is 4.94. The van der Waals surface area contributed by atoms with Crippen LogP contribution in [0.4, 0.5) is 0 Å². The van der Waals surface area contributed by atoms with Gasteiger partial charge in [0.25, 0.3) is 0 Å². The van der Waals surface area contributed by atoms with E-state index in [1.807, 2.05) is 31.2 Å². The van der Waals surface area contributed by atoms with Gasteiger partial charge in [-0.2, -0.15) is 0 Å². The van der Waals surface area contributed by atoms with E-state index in [1.165, 1.54) is 32.1 Å². The van der Waals surface area contributed by atoms with E-state index in [-0.39, 0.29) is 6.10 Å². The summed E-state index contributed by atoms with van der Waals surface area (Å²) in [4.78, 5) is 12.1. The van der Waals surface area contributed by atoms with Crippen LogP contribution in [0.1, 0.15) is 56.3 Å². The average molecular weight is 400 g/mol. The lowest BCUT2D eigenvalue weighted by molar-refractivity contribution is -0.00902. The van der Waals surface area contributed by atoms with Crippen molar-refractivity contribution in [2.45, 2.75) is 70.6 Å². The van der Waals surface area contributed by atoms with E-state index in [2.05, 4.69) is 16.0 Å². The molecule has 1 aliphatic heterocycles. The van der Waals surface area contributed by atoms with E-state index in [0.29, 0.717) is 12.0 Å². The van der Waals surface area contributed by atoms with Gasteiger partial charge in [0.1, 0.15) is 0 Å². The highest BCUT2D eigenvalue weighted by Gasteiger charge is 2.35. The third kappa shape index (κ3) is 4.56. The van der Waals surface area contributed by atoms with Crippen molar-refractivity contribution in [1.82, 2.24) is 14.9 Å². The normalized spacial score (nSPS) is 26.3. The van der Waals surface area contributed by atoms with Gasteiger partial charge in [0, 0.05) is 34.8 Å². The Morgan fingerprint density at radius 2 is 1.79 bits per heavy atom. The van der Waals surface area contributed by atoms with Crippen LogP contribution in [0.2, 0.25) is 5.02 Å². The van der Waals surface area contributed by atoms with Crippen LogP contribution in [0.15, 0.2) is 30.3 Å². The van der Waals surface area contributed by atoms with Crippen molar-refractivity contribution in [1.29, 1.82) is 0 Å². The van der Waals surface area contributed by atoms with E-state index in [9.17, 15) is 5.11 Å². The fraction of sp³-hybridized carbons (Fsp3) is 0.565. The number of hydrogen-bond donors (Lipinski definition) is 1. The maximum atomic E-state index is 10.6. The third-order valence-electron chi connectivity index (χ3n) is 6.31. The van der Waals surface area contributed by atoms with Gasteiger partial charge in [-0.05, 0) is 69.5 Å². The average Bonchev–Trinajstić information content (AvgIpc) is 2.69. The number of aryl methyl sites for hydroxylation is 1. The maximum absolute atomic E-state index is 10.6. The number of aliphatic hydroxyl groups excluding tert-OH is 1. The third-order valence-corrected chi connectivity index (χ3v) is 6.57. The number of nitrogens with zero attached hydrogens (tertiary/aromatic N) is 3. The predicted octanol–water partition coefficient (Wildman–Crippen LogP) is 5.01. The van der Waals surface area contributed by atoms with E-state index in [4.69, 9.17) is 16.6 Å². The molecule has 2 heterocycles. The number of benzene rings is 1. The minimum Gasteiger partial charge on any atom is -0.393 e. The van der Waals surface area contributed by atoms with Crippen LogP contribution in [0.25, 0.3) is 11.4 Å². The van der Waals surface area contributed by atoms with Crippen LogP contribution in [0.5, 0.6) is 0 Å². The standard InChI is InChI=1S/C23H30ClN3O/c1-16-14-19(26-23(25-16)17-9-11-18(24)12-10-17)15-27-13-5-4-7-21(27)20-6-2-3-8-22(20)28/h9-12,14,20-22,28H,2-8,13,15H2,1H3/t20-,21-,22+/m1/s1. The Morgan fingerprint density at radius 1 is 1.04 bits per heavy atom. The number of aromatic nitrogens is 2. The first-order valence-corrected chi connectivity index (χ1v) is 11.0. The first-order chi connectivity index (χ1) is 13.6. The van der Waals surface area contributed by atoms with Gasteiger partial charge in [0.05, 0.1) is 11.8 Å². The van der Waals surface area contributed by atoms with Crippen molar-refractivity contribution in [3.8, 4) is 11.4 Å². The molecule has 4 nitrogen and oxygen atoms in total. The molecule has 3 atom stereocenters. The van der Waals surface area contributed by atoms with Crippen LogP contribution in [-0.4, -0.2) is 38.7 Å². The second-order valence-corrected chi connectivity index (χ2v) is 8.82. The Bertz CT molecular complexity index is 795. The van der Waals surface area contributed by atoms with Crippen LogP contribution in [0, 0.1) is 12.8 Å². The Labute approximate surface area is 173 Å². The quantitative estimate of drug-likeness (QED) is 0.784. The summed E-state index contributed by atoms with van der Waals surface area (Å²) >= 11 is 6.02. The molecule has 1 saturated heterocycles. The van der Waals surface area contributed by atoms with Crippen LogP contribution in [0.3, 0.4) is 0 Å². The molecule has 1 aromatic carbocycles. The number of likely N-dealkylation sites (tertiary alicyclic amines) is 1. The highest BCUT2D eigenvalue weighted by Crippen LogP contribution is 2.34. The molecule has 0 bridgehead atoms. The molecule has 150 valence electrons. The zero-order valence-electron chi connectivity index (χ0n) is 16.6. The van der Waals surface area contributed by atoms with Crippen molar-refractivity contribution in [3.63, 3.8) is 0 Å². The van der Waals surface area contributed by atoms with Gasteiger partial charge in [-0.1, -0.05) is 30.9 Å². The van der Waals surface area contributed by atoms with Gasteiger partial charge in [-0.3, -0.25) is 4.90 Å². The molecule has 2 aliphatic rings. The first-order valence-electron chi connectivity index (χ1n) is 10.6. The van der Waals surface area contributed by atoms with E-state index in [0.717, 1.165) is 53.7 Å². The molecule has 0 radical (unpaired) electrons. The number of aliphatic hydroxyl groups is 1. The summed E-state index contributed by atoms with van der Waals surface area (Å²) in [5.41, 5.74) is 3.04. The second-order valence-electron chi connectivity index (χ2n) is 8.38. The second kappa shape index (κ2) is 8.89. The predicted molar refractivity (Wildman–Crippen MR) is 113 cm³/mol. The zero-order valence-corrected chi connectivity index (χ0v) is 17.4. The molecule has 0 unspecified atom stereocenters. The Hall–Kier alpha value is -1.49. The highest BCUT2D eigenvalue weighted by atomic mass is 35.5. The van der Waals surface area contributed by atoms with E-state index >= 15 is 0 Å². The van der Waals surface area contributed by atoms with Crippen molar-refractivity contribution in [2.24, 2.45) is 5.92 Å². The number of hydrogen-bond acceptors (Lipinski definition) is 4. The molecule has 28 heavy (non-hydrogen) atoms. The fourth-order valence-corrected chi connectivity index (χ4v) is 5.06. The van der Waals surface area contributed by atoms with Crippen LogP contribution in [-0.2, 0) is 6.54 Å². The van der Waals surface area contributed by atoms with Gasteiger partial charge in [0.15, 0.2) is 5.82 Å². The summed E-state index contributed by atoms with van der Waals surface area (Å²) in [5.74, 6) is 1.17. The molecular formula is C23H30ClN3O. The number of piperidine rings is 1. The molecule has 1 aromatic heterocycles. The number of halogens is 1. The Kier molecular flexibility index (Phi) is 6.29. The monoisotopic (exact) mass is 399 g/mol. The number of rotatable bonds is 4. The minimum absolute atomic E-state index is 0.142. The van der Waals surface area contributed by atoms with Gasteiger partial charge in [0.2, 0.25) is 0 Å². The molecule has 0 amide bonds. The zero-order chi connectivity index (χ0) is 19.5. The molecule has 2 fully saturated rings. The molecular weight excluding hydrogens is 370 g/mol. The van der Waals surface area contributed by atoms with Gasteiger partial charge in [-0.15, -0.1) is 0 Å². The largest absolute Gasteiger partial charge is 0.393 e. The van der Waals surface area contributed by atoms with Crippen molar-refractivity contribution in [2.75, 3.05) is 6.54 Å². The minimum atomic E-state index is -0.142. The lowest BCUT2D eigenvalue weighted by atomic mass is 9.78. The van der Waals surface area contributed by atoms with Crippen molar-refractivity contribution in [3.05, 3.63) is 46.7 Å². The highest BCUT2D eigenvalue weighted by molar-refractivity contribution is 6.30. The van der Waals surface area contributed by atoms with Crippen molar-refractivity contribution >= 4 is 11.6 Å². The summed E-state index contributed by atoms with van der Waals surface area (Å²) < 4.78 is 0. The van der Waals surface area contributed by atoms with Crippen molar-refractivity contribution < 1.29 is 5.11 Å². The van der Waals surface area contributed by atoms with Gasteiger partial charge < -0.3 is 5.11 Å². The molecule has 5 heteroatoms. The summed E-state index contributed by atoms with van der Waals surface area (Å²) in [6.45, 7) is 3.95. The van der Waals surface area contributed by atoms with Crippen LogP contribution < -0.4 is 0 Å². The van der Waals surface area contributed by atoms with E-state index in [1.54, 1.807) is 0 Å². The Balaban J connectivity index is 1.55.